The fraction of sp³-hybridized carbons (Fsp3) is 0.429. The van der Waals surface area contributed by atoms with E-state index in [0.717, 1.165) is 33.7 Å². The Hall–Kier alpha value is -2.18. The highest BCUT2D eigenvalue weighted by molar-refractivity contribution is 7.21. The van der Waals surface area contributed by atoms with Crippen molar-refractivity contribution in [2.75, 3.05) is 19.6 Å². The quantitative estimate of drug-likeness (QED) is 0.654. The molecule has 1 N–H and O–H groups in total. The van der Waals surface area contributed by atoms with Crippen LogP contribution in [0.1, 0.15) is 42.3 Å². The number of hydrogen-bond donors (Lipinski definition) is 1. The molecule has 4 heterocycles. The second-order valence-corrected chi connectivity index (χ2v) is 8.22. The van der Waals surface area contributed by atoms with Crippen LogP contribution in [-0.4, -0.2) is 46.0 Å². The van der Waals surface area contributed by atoms with Crippen molar-refractivity contribution in [1.29, 1.82) is 0 Å². The van der Waals surface area contributed by atoms with E-state index in [2.05, 4.69) is 22.1 Å². The van der Waals surface area contributed by atoms with Gasteiger partial charge in [-0.2, -0.15) is 0 Å². The maximum absolute atomic E-state index is 12.9. The van der Waals surface area contributed by atoms with Crippen LogP contribution in [0.15, 0.2) is 42.9 Å². The Labute approximate surface area is 164 Å². The summed E-state index contributed by atoms with van der Waals surface area (Å²) in [7, 11) is 0. The molecule has 1 aliphatic rings. The first-order valence-electron chi connectivity index (χ1n) is 9.77. The van der Waals surface area contributed by atoms with Gasteiger partial charge >= 0.3 is 0 Å². The highest BCUT2D eigenvalue weighted by atomic mass is 32.1. The molecular weight excluding hydrogens is 356 g/mol. The van der Waals surface area contributed by atoms with E-state index in [9.17, 15) is 4.79 Å². The Kier molecular flexibility index (Phi) is 5.55. The monoisotopic (exact) mass is 382 g/mol. The van der Waals surface area contributed by atoms with Crippen molar-refractivity contribution in [3.63, 3.8) is 0 Å². The van der Waals surface area contributed by atoms with Gasteiger partial charge in [-0.3, -0.25) is 4.79 Å². The fourth-order valence-corrected chi connectivity index (χ4v) is 4.93. The maximum Gasteiger partial charge on any atom is 0.263 e. The van der Waals surface area contributed by atoms with Gasteiger partial charge in [0.1, 0.15) is 9.71 Å². The summed E-state index contributed by atoms with van der Waals surface area (Å²) in [5.74, 6) is -0.00612. The summed E-state index contributed by atoms with van der Waals surface area (Å²) in [6, 6.07) is 8.57. The van der Waals surface area contributed by atoms with Crippen molar-refractivity contribution in [3.8, 4) is 5.69 Å². The van der Waals surface area contributed by atoms with E-state index in [-0.39, 0.29) is 5.91 Å². The zero-order valence-corrected chi connectivity index (χ0v) is 16.5. The SMILES string of the molecule is C[C@@H]1CCCCN1CCCNC(=O)c1sc2ncccc2c1-n1cccc1. The van der Waals surface area contributed by atoms with Gasteiger partial charge in [-0.05, 0) is 57.0 Å². The fourth-order valence-electron chi connectivity index (χ4n) is 3.87. The number of piperidine rings is 1. The largest absolute Gasteiger partial charge is 0.351 e. The van der Waals surface area contributed by atoms with Crippen LogP contribution in [-0.2, 0) is 0 Å². The van der Waals surface area contributed by atoms with E-state index < -0.39 is 0 Å². The molecule has 1 fully saturated rings. The summed E-state index contributed by atoms with van der Waals surface area (Å²) in [6.45, 7) is 5.26. The van der Waals surface area contributed by atoms with E-state index in [1.165, 1.54) is 37.1 Å². The predicted octanol–water partition coefficient (Wildman–Crippen LogP) is 4.08. The number of carbonyl (C=O) groups excluding carboxylic acids is 1. The average molecular weight is 383 g/mol. The van der Waals surface area contributed by atoms with E-state index in [0.29, 0.717) is 12.6 Å². The first-order chi connectivity index (χ1) is 13.2. The number of fused-ring (bicyclic) bond motifs is 1. The second kappa shape index (κ2) is 8.23. The summed E-state index contributed by atoms with van der Waals surface area (Å²) in [5.41, 5.74) is 0.926. The minimum Gasteiger partial charge on any atom is -0.351 e. The molecule has 0 aromatic carbocycles. The van der Waals surface area contributed by atoms with Gasteiger partial charge < -0.3 is 14.8 Å². The number of hydrogen-bond acceptors (Lipinski definition) is 4. The number of thiophene rings is 1. The van der Waals surface area contributed by atoms with Crippen LogP contribution >= 0.6 is 11.3 Å². The Balaban J connectivity index is 1.44. The molecule has 1 atom stereocenters. The van der Waals surface area contributed by atoms with E-state index in [1.54, 1.807) is 6.20 Å². The normalized spacial score (nSPS) is 18.0. The molecule has 5 nitrogen and oxygen atoms in total. The third kappa shape index (κ3) is 3.92. The van der Waals surface area contributed by atoms with Crippen LogP contribution in [0.25, 0.3) is 15.9 Å². The molecule has 27 heavy (non-hydrogen) atoms. The summed E-state index contributed by atoms with van der Waals surface area (Å²) >= 11 is 1.46. The number of aromatic nitrogens is 2. The Bertz CT molecular complexity index is 902. The van der Waals surface area contributed by atoms with Crippen LogP contribution in [0.4, 0.5) is 0 Å². The van der Waals surface area contributed by atoms with Gasteiger partial charge in [-0.15, -0.1) is 11.3 Å². The lowest BCUT2D eigenvalue weighted by atomic mass is 10.0. The molecule has 1 aliphatic heterocycles. The molecule has 0 aliphatic carbocycles. The first kappa shape index (κ1) is 18.2. The van der Waals surface area contributed by atoms with E-state index in [4.69, 9.17) is 0 Å². The number of pyridine rings is 1. The lowest BCUT2D eigenvalue weighted by Gasteiger charge is -2.33. The number of rotatable bonds is 6. The van der Waals surface area contributed by atoms with Crippen molar-refractivity contribution in [3.05, 3.63) is 47.7 Å². The average Bonchev–Trinajstić information content (AvgIpc) is 3.33. The maximum atomic E-state index is 12.9. The number of carbonyl (C=O) groups is 1. The molecule has 0 unspecified atom stereocenters. The molecule has 0 spiro atoms. The highest BCUT2D eigenvalue weighted by Crippen LogP contribution is 2.33. The number of likely N-dealkylation sites (tertiary alicyclic amines) is 1. The third-order valence-corrected chi connectivity index (χ3v) is 6.46. The van der Waals surface area contributed by atoms with Crippen LogP contribution in [0.2, 0.25) is 0 Å². The smallest absolute Gasteiger partial charge is 0.263 e. The van der Waals surface area contributed by atoms with Gasteiger partial charge in [0.15, 0.2) is 0 Å². The summed E-state index contributed by atoms with van der Waals surface area (Å²) < 4.78 is 2.00. The van der Waals surface area contributed by atoms with Gasteiger partial charge in [0, 0.05) is 43.1 Å². The highest BCUT2D eigenvalue weighted by Gasteiger charge is 2.21. The number of amides is 1. The van der Waals surface area contributed by atoms with Crippen molar-refractivity contribution < 1.29 is 4.79 Å². The molecule has 3 aromatic heterocycles. The molecule has 3 aromatic rings. The summed E-state index contributed by atoms with van der Waals surface area (Å²) in [4.78, 5) is 21.5. The molecule has 4 rings (SSSR count). The van der Waals surface area contributed by atoms with Crippen LogP contribution in [0.3, 0.4) is 0 Å². The van der Waals surface area contributed by atoms with Gasteiger partial charge in [-0.25, -0.2) is 4.98 Å². The van der Waals surface area contributed by atoms with Gasteiger partial charge in [-0.1, -0.05) is 6.42 Å². The van der Waals surface area contributed by atoms with Crippen LogP contribution in [0, 0.1) is 0 Å². The topological polar surface area (TPSA) is 50.2 Å². The molecule has 0 radical (unpaired) electrons. The molecule has 142 valence electrons. The standard InChI is InChI=1S/C21H26N4OS/c1-16-8-2-3-12-24(16)15-7-11-22-20(26)19-18(25-13-4-5-14-25)17-9-6-10-23-21(17)27-19/h4-6,9-10,13-14,16H,2-3,7-8,11-12,15H2,1H3,(H,22,26)/t16-/m1/s1. The predicted molar refractivity (Wildman–Crippen MR) is 111 cm³/mol. The lowest BCUT2D eigenvalue weighted by molar-refractivity contribution is 0.0953. The molecule has 1 amide bonds. The number of nitrogens with one attached hydrogen (secondary N) is 1. The first-order valence-corrected chi connectivity index (χ1v) is 10.6. The zero-order chi connectivity index (χ0) is 18.6. The Morgan fingerprint density at radius 3 is 2.96 bits per heavy atom. The van der Waals surface area contributed by atoms with Crippen LogP contribution < -0.4 is 5.32 Å². The lowest BCUT2D eigenvalue weighted by Crippen LogP contribution is -2.39. The van der Waals surface area contributed by atoms with E-state index in [1.807, 2.05) is 41.2 Å². The Morgan fingerprint density at radius 1 is 1.30 bits per heavy atom. The molecule has 0 bridgehead atoms. The molecule has 1 saturated heterocycles. The summed E-state index contributed by atoms with van der Waals surface area (Å²) in [5, 5.41) is 4.14. The zero-order valence-electron chi connectivity index (χ0n) is 15.7. The van der Waals surface area contributed by atoms with Crippen molar-refractivity contribution in [2.24, 2.45) is 0 Å². The van der Waals surface area contributed by atoms with Gasteiger partial charge in [0.2, 0.25) is 0 Å². The Morgan fingerprint density at radius 2 is 2.15 bits per heavy atom. The van der Waals surface area contributed by atoms with Gasteiger partial charge in [0.25, 0.3) is 5.91 Å². The molecular formula is C21H26N4OS. The van der Waals surface area contributed by atoms with Crippen molar-refractivity contribution in [1.82, 2.24) is 19.8 Å². The minimum absolute atomic E-state index is 0.00612. The third-order valence-electron chi connectivity index (χ3n) is 5.36. The second-order valence-electron chi connectivity index (χ2n) is 7.22. The number of nitrogens with zero attached hydrogens (tertiary/aromatic N) is 3. The molecule has 0 saturated carbocycles. The van der Waals surface area contributed by atoms with Crippen molar-refractivity contribution in [2.45, 2.75) is 38.6 Å². The van der Waals surface area contributed by atoms with E-state index >= 15 is 0 Å². The minimum atomic E-state index is -0.00612. The van der Waals surface area contributed by atoms with Crippen molar-refractivity contribution >= 4 is 27.5 Å². The summed E-state index contributed by atoms with van der Waals surface area (Å²) in [6.07, 6.45) is 10.6. The van der Waals surface area contributed by atoms with Crippen LogP contribution in [0.5, 0.6) is 0 Å². The van der Waals surface area contributed by atoms with Gasteiger partial charge in [0.05, 0.1) is 5.69 Å². The molecule has 6 heteroatoms.